The summed E-state index contributed by atoms with van der Waals surface area (Å²) in [5, 5.41) is 2.88. The third-order valence-corrected chi connectivity index (χ3v) is 7.36. The van der Waals surface area contributed by atoms with E-state index in [4.69, 9.17) is 4.74 Å². The van der Waals surface area contributed by atoms with Crippen molar-refractivity contribution in [1.29, 1.82) is 0 Å². The average molecular weight is 662 g/mol. The van der Waals surface area contributed by atoms with Gasteiger partial charge in [0.05, 0.1) is 23.2 Å². The summed E-state index contributed by atoms with van der Waals surface area (Å²) >= 11 is 0. The number of nitrogens with one attached hydrogen (secondary N) is 1. The average Bonchev–Trinajstić information content (AvgIpc) is 3.19. The number of nitrogens with zero attached hydrogens (tertiary/aromatic N) is 4. The predicted octanol–water partition coefficient (Wildman–Crippen LogP) is 5.25. The molecular weight excluding hydrogens is 636 g/mol. The number of hydrogen-bond acceptors (Lipinski definition) is 6. The first-order valence-corrected chi connectivity index (χ1v) is 14.0. The van der Waals surface area contributed by atoms with Crippen LogP contribution < -0.4 is 5.32 Å². The minimum Gasteiger partial charge on any atom is -0.435 e. The van der Waals surface area contributed by atoms with E-state index in [-0.39, 0.29) is 31.2 Å². The van der Waals surface area contributed by atoms with Crippen molar-refractivity contribution < 1.29 is 50.3 Å². The van der Waals surface area contributed by atoms with Crippen LogP contribution in [0.1, 0.15) is 35.1 Å². The number of para-hydroxylation sites is 1. The summed E-state index contributed by atoms with van der Waals surface area (Å²) in [6.07, 6.45) is -12.1. The minimum absolute atomic E-state index is 0.0697. The molecule has 1 fully saturated rings. The first-order chi connectivity index (χ1) is 22.3. The standard InChI is InChI=1S/C31H25F6N5O5/c32-30(33,34)22-16-20(17-23(19-22)31(35,36)37)18-26(27(44)39-10-3-9-38-11-15-43)47-29(46)41-12-7-24(8-13-41)42-14-6-21-4-1-2-5-25(21)40-28(42)45/h1-2,4-5,9,16-17,19,24,26H,6-8,12-14,18H2,(H,40,45)/t26-/m1/s1. The van der Waals surface area contributed by atoms with Crippen LogP contribution in [0.2, 0.25) is 0 Å². The molecule has 0 aliphatic carbocycles. The molecule has 47 heavy (non-hydrogen) atoms. The fourth-order valence-corrected chi connectivity index (χ4v) is 5.10. The van der Waals surface area contributed by atoms with E-state index >= 15 is 0 Å². The molecule has 1 N–H and O–H groups in total. The van der Waals surface area contributed by atoms with Crippen molar-refractivity contribution in [2.45, 2.75) is 50.2 Å². The number of likely N-dealkylation sites (tertiary alicyclic amines) is 1. The molecule has 4 amide bonds. The number of rotatable bonds is 6. The number of hydrogen-bond donors (Lipinski definition) is 1. The van der Waals surface area contributed by atoms with Crippen LogP contribution >= 0.6 is 0 Å². The van der Waals surface area contributed by atoms with Crippen molar-refractivity contribution in [3.05, 3.63) is 76.6 Å². The molecule has 10 nitrogen and oxygen atoms in total. The van der Waals surface area contributed by atoms with Gasteiger partial charge in [-0.2, -0.15) is 36.3 Å². The summed E-state index contributed by atoms with van der Waals surface area (Å²) < 4.78 is 85.9. The molecule has 0 unspecified atom stereocenters. The predicted molar refractivity (Wildman–Crippen MR) is 155 cm³/mol. The van der Waals surface area contributed by atoms with Gasteiger partial charge in [0.1, 0.15) is 0 Å². The highest BCUT2D eigenvalue weighted by atomic mass is 19.4. The zero-order valence-electron chi connectivity index (χ0n) is 24.3. The van der Waals surface area contributed by atoms with E-state index in [1.807, 2.05) is 18.0 Å². The Morgan fingerprint density at radius 1 is 1.00 bits per heavy atom. The maximum Gasteiger partial charge on any atom is 0.416 e. The number of carbonyl (C=O) groups is 3. The number of aliphatic imine (C=N–C) groups is 2. The number of carbonyl (C=O) groups excluding carboxylic acids is 4. The second-order valence-corrected chi connectivity index (χ2v) is 10.4. The molecule has 0 radical (unpaired) electrons. The molecule has 2 aromatic carbocycles. The molecular formula is C31H25F6N5O5. The quantitative estimate of drug-likeness (QED) is 0.196. The normalized spacial score (nSPS) is 15.7. The van der Waals surface area contributed by atoms with E-state index in [1.54, 1.807) is 22.9 Å². The molecule has 1 saturated heterocycles. The number of amides is 4. The lowest BCUT2D eigenvalue weighted by Gasteiger charge is -2.37. The lowest BCUT2D eigenvalue weighted by Crippen LogP contribution is -2.50. The van der Waals surface area contributed by atoms with Crippen LogP contribution in [0.5, 0.6) is 0 Å². The van der Waals surface area contributed by atoms with Gasteiger partial charge >= 0.3 is 24.5 Å². The van der Waals surface area contributed by atoms with Crippen molar-refractivity contribution in [1.82, 2.24) is 9.80 Å². The molecule has 4 rings (SSSR count). The number of piperidine rings is 1. The molecule has 246 valence electrons. The number of alkyl halides is 6. The Morgan fingerprint density at radius 3 is 2.30 bits per heavy atom. The largest absolute Gasteiger partial charge is 0.435 e. The van der Waals surface area contributed by atoms with Crippen molar-refractivity contribution in [2.24, 2.45) is 9.98 Å². The molecule has 2 heterocycles. The van der Waals surface area contributed by atoms with Gasteiger partial charge in [0, 0.05) is 43.7 Å². The van der Waals surface area contributed by atoms with Crippen LogP contribution in [0.25, 0.3) is 0 Å². The second-order valence-electron chi connectivity index (χ2n) is 10.4. The number of benzene rings is 2. The van der Waals surface area contributed by atoms with Gasteiger partial charge in [-0.1, -0.05) is 18.2 Å². The third kappa shape index (κ3) is 9.32. The number of anilines is 1. The van der Waals surface area contributed by atoms with Gasteiger partial charge in [0.2, 0.25) is 0 Å². The smallest absolute Gasteiger partial charge is 0.416 e. The summed E-state index contributed by atoms with van der Waals surface area (Å²) in [5.74, 6) is 3.71. The van der Waals surface area contributed by atoms with Gasteiger partial charge in [-0.25, -0.2) is 14.4 Å². The molecule has 0 saturated carbocycles. The lowest BCUT2D eigenvalue weighted by atomic mass is 10.00. The van der Waals surface area contributed by atoms with Crippen LogP contribution in [0, 0.1) is 0 Å². The Kier molecular flexibility index (Phi) is 10.9. The summed E-state index contributed by atoms with van der Waals surface area (Å²) in [6.45, 7) is 0.594. The maximum absolute atomic E-state index is 13.4. The van der Waals surface area contributed by atoms with Gasteiger partial charge in [0.25, 0.3) is 5.91 Å². The van der Waals surface area contributed by atoms with Crippen molar-refractivity contribution >= 4 is 41.4 Å². The zero-order chi connectivity index (χ0) is 34.2. The maximum atomic E-state index is 13.4. The highest BCUT2D eigenvalue weighted by Gasteiger charge is 2.38. The fourth-order valence-electron chi connectivity index (χ4n) is 5.10. The molecule has 2 aliphatic rings. The van der Waals surface area contributed by atoms with E-state index in [1.165, 1.54) is 10.8 Å². The molecule has 16 heteroatoms. The Labute approximate surface area is 263 Å². The second kappa shape index (κ2) is 14.8. The molecule has 1 atom stereocenters. The molecule has 0 aromatic heterocycles. The Morgan fingerprint density at radius 2 is 1.66 bits per heavy atom. The summed E-state index contributed by atoms with van der Waals surface area (Å²) in [4.78, 5) is 58.5. The summed E-state index contributed by atoms with van der Waals surface area (Å²) in [6, 6.07) is 7.60. The highest BCUT2D eigenvalue weighted by Crippen LogP contribution is 2.37. The number of halogens is 6. The van der Waals surface area contributed by atoms with Gasteiger partial charge < -0.3 is 19.9 Å². The lowest BCUT2D eigenvalue weighted by molar-refractivity contribution is -0.143. The zero-order valence-corrected chi connectivity index (χ0v) is 24.3. The van der Waals surface area contributed by atoms with Crippen molar-refractivity contribution in [3.8, 4) is 0 Å². The van der Waals surface area contributed by atoms with Crippen molar-refractivity contribution in [3.63, 3.8) is 0 Å². The Balaban J connectivity index is 1.51. The monoisotopic (exact) mass is 661 g/mol. The van der Waals surface area contributed by atoms with Crippen LogP contribution in [0.4, 0.5) is 41.6 Å². The molecule has 0 spiro atoms. The number of ether oxygens (including phenoxy) is 1. The molecule has 0 bridgehead atoms. The third-order valence-electron chi connectivity index (χ3n) is 7.36. The number of urea groups is 1. The SMILES string of the molecule is O=C=C=NC=C=C=NC(=O)[C@@H](Cc1cc(C(F)(F)F)cc(C(F)(F)F)c1)OC(=O)N1CCC(N2CCc3ccccc3NC2=O)CC1. The van der Waals surface area contributed by atoms with E-state index in [9.17, 15) is 45.5 Å². The van der Waals surface area contributed by atoms with Crippen LogP contribution in [0.15, 0.2) is 64.4 Å². The Hall–Kier alpha value is -5.38. The van der Waals surface area contributed by atoms with E-state index < -0.39 is 53.6 Å². The van der Waals surface area contributed by atoms with Gasteiger partial charge in [-0.3, -0.25) is 4.79 Å². The van der Waals surface area contributed by atoms with E-state index in [2.05, 4.69) is 21.0 Å². The van der Waals surface area contributed by atoms with E-state index in [0.717, 1.165) is 11.8 Å². The Bertz CT molecular complexity index is 1680. The summed E-state index contributed by atoms with van der Waals surface area (Å²) in [7, 11) is 0. The first-order valence-electron chi connectivity index (χ1n) is 14.0. The minimum atomic E-state index is -5.15. The van der Waals surface area contributed by atoms with Crippen LogP contribution in [-0.2, 0) is 39.5 Å². The van der Waals surface area contributed by atoms with Gasteiger partial charge in [-0.05, 0) is 60.4 Å². The summed E-state index contributed by atoms with van der Waals surface area (Å²) in [5.41, 5.74) is -0.00930. The van der Waals surface area contributed by atoms with E-state index in [0.29, 0.717) is 43.6 Å². The van der Waals surface area contributed by atoms with Crippen LogP contribution in [-0.4, -0.2) is 77.3 Å². The molecule has 2 aliphatic heterocycles. The number of fused-ring (bicyclic) bond motifs is 1. The van der Waals surface area contributed by atoms with Gasteiger partial charge in [0.15, 0.2) is 12.0 Å². The van der Waals surface area contributed by atoms with Gasteiger partial charge in [-0.15, -0.1) is 0 Å². The molecule has 2 aromatic rings. The van der Waals surface area contributed by atoms with Crippen molar-refractivity contribution in [2.75, 3.05) is 25.0 Å². The highest BCUT2D eigenvalue weighted by molar-refractivity contribution is 5.91. The van der Waals surface area contributed by atoms with Crippen LogP contribution in [0.3, 0.4) is 0 Å². The fraction of sp³-hybridized carbons (Fsp3) is 0.355. The first kappa shape index (κ1) is 34.5. The topological polar surface area (TPSA) is 121 Å².